The first-order valence-electron chi connectivity index (χ1n) is 7.12. The second-order valence-corrected chi connectivity index (χ2v) is 6.22. The Kier molecular flexibility index (Phi) is 3.52. The minimum atomic E-state index is 0.340. The Morgan fingerprint density at radius 3 is 2.67 bits per heavy atom. The lowest BCUT2D eigenvalue weighted by Crippen LogP contribution is -2.32. The number of halogens is 1. The third kappa shape index (κ3) is 2.38. The van der Waals surface area contributed by atoms with Crippen molar-refractivity contribution in [2.75, 3.05) is 5.88 Å². The number of para-hydroxylation sites is 1. The zero-order valence-corrected chi connectivity index (χ0v) is 11.6. The Bertz CT molecular complexity index is 384. The van der Waals surface area contributed by atoms with Crippen LogP contribution in [0.25, 0.3) is 0 Å². The summed E-state index contributed by atoms with van der Waals surface area (Å²) in [4.78, 5) is 0. The van der Waals surface area contributed by atoms with Crippen LogP contribution in [0, 0.1) is 5.41 Å². The van der Waals surface area contributed by atoms with Crippen LogP contribution in [0.3, 0.4) is 0 Å². The van der Waals surface area contributed by atoms with E-state index in [-0.39, 0.29) is 0 Å². The van der Waals surface area contributed by atoms with E-state index in [1.54, 1.807) is 0 Å². The standard InChI is InChI=1S/C16H21ClO/c17-12-16(8-4-1-5-9-16)11-14-10-13-6-2-3-7-15(13)18-14/h2-3,6-7,14H,1,4-5,8-12H2. The van der Waals surface area contributed by atoms with Gasteiger partial charge in [0.2, 0.25) is 0 Å². The second-order valence-electron chi connectivity index (χ2n) is 5.95. The smallest absolute Gasteiger partial charge is 0.123 e. The van der Waals surface area contributed by atoms with Gasteiger partial charge in [-0.1, -0.05) is 37.5 Å². The molecule has 2 aliphatic rings. The minimum absolute atomic E-state index is 0.340. The van der Waals surface area contributed by atoms with E-state index in [9.17, 15) is 0 Å². The van der Waals surface area contributed by atoms with Gasteiger partial charge in [-0.25, -0.2) is 0 Å². The molecular weight excluding hydrogens is 244 g/mol. The molecule has 1 aliphatic heterocycles. The van der Waals surface area contributed by atoms with Gasteiger partial charge in [0.05, 0.1) is 0 Å². The quantitative estimate of drug-likeness (QED) is 0.727. The Labute approximate surface area is 114 Å². The Morgan fingerprint density at radius 2 is 1.94 bits per heavy atom. The van der Waals surface area contributed by atoms with E-state index in [0.717, 1.165) is 24.5 Å². The van der Waals surface area contributed by atoms with Crippen molar-refractivity contribution in [3.8, 4) is 5.75 Å². The zero-order chi connectivity index (χ0) is 12.4. The van der Waals surface area contributed by atoms with Crippen molar-refractivity contribution in [3.05, 3.63) is 29.8 Å². The van der Waals surface area contributed by atoms with Crippen LogP contribution >= 0.6 is 11.6 Å². The summed E-state index contributed by atoms with van der Waals surface area (Å²) in [6.07, 6.45) is 9.17. The van der Waals surface area contributed by atoms with Gasteiger partial charge in [-0.2, -0.15) is 0 Å². The molecule has 0 aromatic heterocycles. The number of benzene rings is 1. The van der Waals surface area contributed by atoms with E-state index in [1.165, 1.54) is 37.7 Å². The molecule has 18 heavy (non-hydrogen) atoms. The molecule has 0 amide bonds. The number of alkyl halides is 1. The van der Waals surface area contributed by atoms with E-state index in [2.05, 4.69) is 24.3 Å². The highest BCUT2D eigenvalue weighted by atomic mass is 35.5. The summed E-state index contributed by atoms with van der Waals surface area (Å²) in [7, 11) is 0. The number of hydrogen-bond donors (Lipinski definition) is 0. The summed E-state index contributed by atoms with van der Waals surface area (Å²) in [5, 5.41) is 0. The van der Waals surface area contributed by atoms with Crippen molar-refractivity contribution < 1.29 is 4.74 Å². The molecule has 0 spiro atoms. The summed E-state index contributed by atoms with van der Waals surface area (Å²) in [6.45, 7) is 0. The molecular formula is C16H21ClO. The molecule has 0 N–H and O–H groups in total. The lowest BCUT2D eigenvalue weighted by atomic mass is 9.72. The van der Waals surface area contributed by atoms with Gasteiger partial charge in [-0.3, -0.25) is 0 Å². The average molecular weight is 265 g/mol. The van der Waals surface area contributed by atoms with E-state index in [0.29, 0.717) is 11.5 Å². The molecule has 1 heterocycles. The van der Waals surface area contributed by atoms with Crippen molar-refractivity contribution in [1.82, 2.24) is 0 Å². The highest BCUT2D eigenvalue weighted by Crippen LogP contribution is 2.43. The van der Waals surface area contributed by atoms with E-state index < -0.39 is 0 Å². The summed E-state index contributed by atoms with van der Waals surface area (Å²) < 4.78 is 6.08. The maximum absolute atomic E-state index is 6.27. The van der Waals surface area contributed by atoms with Crippen LogP contribution in [0.2, 0.25) is 0 Å². The minimum Gasteiger partial charge on any atom is -0.490 e. The fourth-order valence-corrected chi connectivity index (χ4v) is 3.92. The molecule has 2 heteroatoms. The first-order chi connectivity index (χ1) is 8.81. The third-order valence-electron chi connectivity index (χ3n) is 4.57. The van der Waals surface area contributed by atoms with Crippen LogP contribution < -0.4 is 4.74 Å². The van der Waals surface area contributed by atoms with Crippen LogP contribution in [0.15, 0.2) is 24.3 Å². The van der Waals surface area contributed by atoms with Gasteiger partial charge in [-0.15, -0.1) is 11.6 Å². The highest BCUT2D eigenvalue weighted by Gasteiger charge is 2.36. The predicted octanol–water partition coefficient (Wildman–Crippen LogP) is 4.57. The highest BCUT2D eigenvalue weighted by molar-refractivity contribution is 6.18. The number of hydrogen-bond acceptors (Lipinski definition) is 1. The molecule has 1 aliphatic carbocycles. The van der Waals surface area contributed by atoms with Gasteiger partial charge < -0.3 is 4.74 Å². The fourth-order valence-electron chi connectivity index (χ4n) is 3.54. The van der Waals surface area contributed by atoms with Gasteiger partial charge in [0.15, 0.2) is 0 Å². The van der Waals surface area contributed by atoms with Gasteiger partial charge in [0.1, 0.15) is 11.9 Å². The molecule has 1 saturated carbocycles. The molecule has 3 rings (SSSR count). The normalized spacial score (nSPS) is 25.5. The van der Waals surface area contributed by atoms with Crippen molar-refractivity contribution in [1.29, 1.82) is 0 Å². The Hall–Kier alpha value is -0.690. The lowest BCUT2D eigenvalue weighted by Gasteiger charge is -2.37. The molecule has 1 fully saturated rings. The first kappa shape index (κ1) is 12.3. The van der Waals surface area contributed by atoms with Crippen molar-refractivity contribution >= 4 is 11.6 Å². The predicted molar refractivity (Wildman–Crippen MR) is 75.4 cm³/mol. The van der Waals surface area contributed by atoms with Crippen LogP contribution in [0.1, 0.15) is 44.1 Å². The maximum Gasteiger partial charge on any atom is 0.123 e. The van der Waals surface area contributed by atoms with Crippen molar-refractivity contribution in [2.45, 2.75) is 51.0 Å². The van der Waals surface area contributed by atoms with Gasteiger partial charge in [0.25, 0.3) is 0 Å². The lowest BCUT2D eigenvalue weighted by molar-refractivity contribution is 0.114. The third-order valence-corrected chi connectivity index (χ3v) is 5.14. The average Bonchev–Trinajstić information content (AvgIpc) is 2.81. The summed E-state index contributed by atoms with van der Waals surface area (Å²) >= 11 is 6.27. The molecule has 98 valence electrons. The zero-order valence-electron chi connectivity index (χ0n) is 10.8. The number of rotatable bonds is 3. The summed E-state index contributed by atoms with van der Waals surface area (Å²) in [5.41, 5.74) is 1.70. The van der Waals surface area contributed by atoms with E-state index >= 15 is 0 Å². The summed E-state index contributed by atoms with van der Waals surface area (Å²) in [6, 6.07) is 8.43. The van der Waals surface area contributed by atoms with Crippen LogP contribution in [0.4, 0.5) is 0 Å². The van der Waals surface area contributed by atoms with Crippen LogP contribution in [-0.4, -0.2) is 12.0 Å². The molecule has 1 atom stereocenters. The largest absolute Gasteiger partial charge is 0.490 e. The number of fused-ring (bicyclic) bond motifs is 1. The second kappa shape index (κ2) is 5.13. The molecule has 0 radical (unpaired) electrons. The van der Waals surface area contributed by atoms with Crippen molar-refractivity contribution in [2.24, 2.45) is 5.41 Å². The van der Waals surface area contributed by atoms with Gasteiger partial charge >= 0.3 is 0 Å². The van der Waals surface area contributed by atoms with Crippen LogP contribution in [-0.2, 0) is 6.42 Å². The van der Waals surface area contributed by atoms with E-state index in [1.807, 2.05) is 0 Å². The SMILES string of the molecule is ClCC1(CC2Cc3ccccc3O2)CCCCC1. The molecule has 1 aromatic carbocycles. The molecule has 1 aromatic rings. The van der Waals surface area contributed by atoms with Gasteiger partial charge in [0, 0.05) is 12.3 Å². The number of ether oxygens (including phenoxy) is 1. The molecule has 1 nitrogen and oxygen atoms in total. The topological polar surface area (TPSA) is 9.23 Å². The molecule has 1 unspecified atom stereocenters. The summed E-state index contributed by atoms with van der Waals surface area (Å²) in [5.74, 6) is 1.88. The van der Waals surface area contributed by atoms with Crippen LogP contribution in [0.5, 0.6) is 5.75 Å². The molecule has 0 bridgehead atoms. The molecule has 0 saturated heterocycles. The monoisotopic (exact) mass is 264 g/mol. The maximum atomic E-state index is 6.27. The first-order valence-corrected chi connectivity index (χ1v) is 7.65. The Balaban J connectivity index is 1.67. The van der Waals surface area contributed by atoms with Crippen molar-refractivity contribution in [3.63, 3.8) is 0 Å². The fraction of sp³-hybridized carbons (Fsp3) is 0.625. The van der Waals surface area contributed by atoms with Gasteiger partial charge in [-0.05, 0) is 36.3 Å². The Morgan fingerprint density at radius 1 is 1.17 bits per heavy atom. The van der Waals surface area contributed by atoms with E-state index in [4.69, 9.17) is 16.3 Å².